The predicted octanol–water partition coefficient (Wildman–Crippen LogP) is 2.59. The van der Waals surface area contributed by atoms with Gasteiger partial charge < -0.3 is 5.32 Å². The van der Waals surface area contributed by atoms with Crippen LogP contribution < -0.4 is 5.32 Å². The molecule has 0 saturated carbocycles. The van der Waals surface area contributed by atoms with Gasteiger partial charge in [0.25, 0.3) is 0 Å². The molecule has 0 fully saturated rings. The number of alkyl halides is 1. The van der Waals surface area contributed by atoms with Crippen molar-refractivity contribution < 1.29 is 4.79 Å². The third-order valence-electron chi connectivity index (χ3n) is 3.20. The van der Waals surface area contributed by atoms with E-state index < -0.39 is 0 Å². The normalized spacial score (nSPS) is 14.2. The Morgan fingerprint density at radius 1 is 1.47 bits per heavy atom. The van der Waals surface area contributed by atoms with E-state index in [1.54, 1.807) is 11.3 Å². The van der Waals surface area contributed by atoms with Gasteiger partial charge in [-0.15, -0.1) is 22.9 Å². The highest BCUT2D eigenvalue weighted by Crippen LogP contribution is 2.42. The number of halogens is 1. The fourth-order valence-electron chi connectivity index (χ4n) is 2.39. The number of H-pyrrole nitrogens is 1. The predicted molar refractivity (Wildman–Crippen MR) is 75.7 cm³/mol. The van der Waals surface area contributed by atoms with E-state index in [0.29, 0.717) is 5.82 Å². The molecule has 5 nitrogen and oxygen atoms in total. The topological polar surface area (TPSA) is 70.7 Å². The first-order valence-electron chi connectivity index (χ1n) is 6.15. The van der Waals surface area contributed by atoms with Crippen LogP contribution in [0.4, 0.5) is 5.00 Å². The second kappa shape index (κ2) is 5.30. The summed E-state index contributed by atoms with van der Waals surface area (Å²) in [5.74, 6) is 0.476. The van der Waals surface area contributed by atoms with Crippen LogP contribution >= 0.6 is 22.9 Å². The number of aromatic amines is 1. The largest absolute Gasteiger partial charge is 0.316 e. The van der Waals surface area contributed by atoms with Crippen LogP contribution in [0, 0.1) is 0 Å². The highest BCUT2D eigenvalue weighted by molar-refractivity contribution is 7.17. The molecule has 1 amide bonds. The van der Waals surface area contributed by atoms with Crippen molar-refractivity contribution >= 4 is 33.8 Å². The van der Waals surface area contributed by atoms with E-state index in [-0.39, 0.29) is 11.8 Å². The van der Waals surface area contributed by atoms with Gasteiger partial charge in [0.05, 0.1) is 5.56 Å². The number of hydrogen-bond acceptors (Lipinski definition) is 4. The van der Waals surface area contributed by atoms with Gasteiger partial charge in [-0.2, -0.15) is 5.10 Å². The number of carbonyl (C=O) groups is 1. The molecule has 7 heteroatoms. The van der Waals surface area contributed by atoms with Crippen LogP contribution in [0.2, 0.25) is 0 Å². The lowest BCUT2D eigenvalue weighted by molar-refractivity contribution is -0.113. The molecule has 1 aliphatic carbocycles. The van der Waals surface area contributed by atoms with E-state index in [1.165, 1.54) is 29.6 Å². The van der Waals surface area contributed by atoms with Crippen molar-refractivity contribution in [1.82, 2.24) is 15.2 Å². The number of anilines is 1. The molecule has 3 rings (SSSR count). The van der Waals surface area contributed by atoms with Crippen LogP contribution in [0.15, 0.2) is 6.33 Å². The molecule has 19 heavy (non-hydrogen) atoms. The molecule has 0 spiro atoms. The van der Waals surface area contributed by atoms with Gasteiger partial charge in [0.2, 0.25) is 5.91 Å². The van der Waals surface area contributed by atoms with Crippen molar-refractivity contribution in [3.05, 3.63) is 16.8 Å². The maximum absolute atomic E-state index is 11.5. The van der Waals surface area contributed by atoms with Gasteiger partial charge in [-0.05, 0) is 31.2 Å². The number of fused-ring (bicyclic) bond motifs is 1. The Morgan fingerprint density at radius 3 is 3.05 bits per heavy atom. The number of nitrogens with one attached hydrogen (secondary N) is 2. The van der Waals surface area contributed by atoms with Crippen LogP contribution in [0.3, 0.4) is 0 Å². The summed E-state index contributed by atoms with van der Waals surface area (Å²) in [5.41, 5.74) is 2.27. The van der Waals surface area contributed by atoms with Crippen LogP contribution in [0.5, 0.6) is 0 Å². The Balaban J connectivity index is 2.07. The van der Waals surface area contributed by atoms with Crippen LogP contribution in [-0.2, 0) is 17.6 Å². The Kier molecular flexibility index (Phi) is 3.52. The molecule has 0 aliphatic heterocycles. The lowest BCUT2D eigenvalue weighted by Crippen LogP contribution is -2.12. The second-order valence-electron chi connectivity index (χ2n) is 4.43. The van der Waals surface area contributed by atoms with E-state index in [4.69, 9.17) is 11.6 Å². The summed E-state index contributed by atoms with van der Waals surface area (Å²) in [6.45, 7) is 0. The van der Waals surface area contributed by atoms with Crippen molar-refractivity contribution in [2.24, 2.45) is 0 Å². The highest BCUT2D eigenvalue weighted by atomic mass is 35.5. The van der Waals surface area contributed by atoms with Crippen LogP contribution in [-0.4, -0.2) is 27.0 Å². The van der Waals surface area contributed by atoms with Gasteiger partial charge in [-0.3, -0.25) is 9.89 Å². The van der Waals surface area contributed by atoms with Gasteiger partial charge in [0, 0.05) is 4.88 Å². The molecular weight excluding hydrogens is 284 g/mol. The molecular formula is C12H13ClN4OS. The molecule has 2 heterocycles. The standard InChI is InChI=1S/C12H13ClN4OS/c13-5-9(18)16-12-10(11-14-6-15-17-11)7-3-1-2-4-8(7)19-12/h6H,1-5H2,(H,16,18)(H,14,15,17). The first-order valence-corrected chi connectivity index (χ1v) is 7.50. The molecule has 2 N–H and O–H groups in total. The summed E-state index contributed by atoms with van der Waals surface area (Å²) in [6, 6.07) is 0. The van der Waals surface area contributed by atoms with Gasteiger partial charge in [-0.25, -0.2) is 4.98 Å². The smallest absolute Gasteiger partial charge is 0.239 e. The van der Waals surface area contributed by atoms with Crippen molar-refractivity contribution in [2.75, 3.05) is 11.2 Å². The quantitative estimate of drug-likeness (QED) is 0.855. The molecule has 0 bridgehead atoms. The second-order valence-corrected chi connectivity index (χ2v) is 5.80. The summed E-state index contributed by atoms with van der Waals surface area (Å²) in [5, 5.41) is 10.5. The summed E-state index contributed by atoms with van der Waals surface area (Å²) >= 11 is 7.19. The van der Waals surface area contributed by atoms with Gasteiger partial charge in [-0.1, -0.05) is 0 Å². The lowest BCUT2D eigenvalue weighted by atomic mass is 9.95. The van der Waals surface area contributed by atoms with Gasteiger partial charge in [0.1, 0.15) is 17.2 Å². The van der Waals surface area contributed by atoms with Crippen molar-refractivity contribution in [3.63, 3.8) is 0 Å². The van der Waals surface area contributed by atoms with Gasteiger partial charge >= 0.3 is 0 Å². The van der Waals surface area contributed by atoms with E-state index in [2.05, 4.69) is 20.5 Å². The summed E-state index contributed by atoms with van der Waals surface area (Å²) in [7, 11) is 0. The Bertz CT molecular complexity index is 593. The Morgan fingerprint density at radius 2 is 2.32 bits per heavy atom. The zero-order chi connectivity index (χ0) is 13.2. The van der Waals surface area contributed by atoms with E-state index in [1.807, 2.05) is 0 Å². The number of aryl methyl sites for hydroxylation is 1. The minimum absolute atomic E-state index is 0.0432. The van der Waals surface area contributed by atoms with Crippen molar-refractivity contribution in [3.8, 4) is 11.4 Å². The number of rotatable bonds is 3. The lowest BCUT2D eigenvalue weighted by Gasteiger charge is -2.11. The van der Waals surface area contributed by atoms with Crippen molar-refractivity contribution in [1.29, 1.82) is 0 Å². The molecule has 100 valence electrons. The summed E-state index contributed by atoms with van der Waals surface area (Å²) < 4.78 is 0. The first-order chi connectivity index (χ1) is 9.29. The molecule has 2 aromatic rings. The summed E-state index contributed by atoms with van der Waals surface area (Å²) in [4.78, 5) is 17.1. The average Bonchev–Trinajstić information content (AvgIpc) is 3.04. The van der Waals surface area contributed by atoms with Crippen molar-refractivity contribution in [2.45, 2.75) is 25.7 Å². The minimum atomic E-state index is -0.193. The number of carbonyl (C=O) groups excluding carboxylic acids is 1. The third-order valence-corrected chi connectivity index (χ3v) is 4.65. The zero-order valence-corrected chi connectivity index (χ0v) is 11.8. The number of thiophene rings is 1. The number of aromatic nitrogens is 3. The maximum atomic E-state index is 11.5. The number of hydrogen-bond donors (Lipinski definition) is 2. The number of nitrogens with zero attached hydrogens (tertiary/aromatic N) is 2. The van der Waals surface area contributed by atoms with Crippen LogP contribution in [0.25, 0.3) is 11.4 Å². The van der Waals surface area contributed by atoms with E-state index in [0.717, 1.165) is 23.4 Å². The molecule has 0 radical (unpaired) electrons. The monoisotopic (exact) mass is 296 g/mol. The summed E-state index contributed by atoms with van der Waals surface area (Å²) in [6.07, 6.45) is 5.95. The minimum Gasteiger partial charge on any atom is -0.316 e. The fourth-order valence-corrected chi connectivity index (χ4v) is 3.76. The maximum Gasteiger partial charge on any atom is 0.239 e. The fraction of sp³-hybridized carbons (Fsp3) is 0.417. The number of amides is 1. The molecule has 1 aliphatic rings. The van der Waals surface area contributed by atoms with E-state index >= 15 is 0 Å². The SMILES string of the molecule is O=C(CCl)Nc1sc2c(c1-c1ncn[nH]1)CCCC2. The molecule has 0 unspecified atom stereocenters. The Labute approximate surface area is 119 Å². The molecule has 0 aromatic carbocycles. The van der Waals surface area contributed by atoms with E-state index in [9.17, 15) is 4.79 Å². The van der Waals surface area contributed by atoms with Gasteiger partial charge in [0.15, 0.2) is 5.82 Å². The Hall–Kier alpha value is -1.40. The molecule has 0 atom stereocenters. The zero-order valence-electron chi connectivity index (χ0n) is 10.2. The highest BCUT2D eigenvalue weighted by Gasteiger charge is 2.24. The van der Waals surface area contributed by atoms with Crippen LogP contribution in [0.1, 0.15) is 23.3 Å². The first kappa shape index (κ1) is 12.6. The average molecular weight is 297 g/mol. The third kappa shape index (κ3) is 2.37. The molecule has 0 saturated heterocycles. The molecule has 2 aromatic heterocycles.